The predicted molar refractivity (Wildman–Crippen MR) is 167 cm³/mol. The zero-order valence-corrected chi connectivity index (χ0v) is 26.4. The molecule has 0 bridgehead atoms. The highest BCUT2D eigenvalue weighted by Crippen LogP contribution is 2.44. The van der Waals surface area contributed by atoms with Crippen LogP contribution in [0, 0.1) is 40.4 Å². The molecule has 0 saturated heterocycles. The van der Waals surface area contributed by atoms with E-state index < -0.39 is 6.36 Å². The average molecular weight is 630 g/mol. The first-order chi connectivity index (χ1) is 21.4. The SMILES string of the molecule is CC[C@H](NC[C@H]1CC[C@H](C(N)=O)CC1)[C@@H]1CC(C)C[C@@](C)(CNc2nc(NCc3ccccc3OC(F)(F)F)ncc2C#N)C1. The molecule has 4 rings (SSSR count). The van der Waals surface area contributed by atoms with Crippen molar-refractivity contribution in [3.8, 4) is 11.8 Å². The number of nitrogens with one attached hydrogen (secondary N) is 3. The number of benzene rings is 1. The maximum Gasteiger partial charge on any atom is 0.573 e. The highest BCUT2D eigenvalue weighted by molar-refractivity contribution is 5.76. The van der Waals surface area contributed by atoms with Gasteiger partial charge in [0.05, 0.1) is 6.20 Å². The van der Waals surface area contributed by atoms with Crippen LogP contribution in [0.5, 0.6) is 5.75 Å². The maximum absolute atomic E-state index is 12.8. The molecule has 45 heavy (non-hydrogen) atoms. The standard InChI is InChI=1S/C33H46F3N7O2/c1-4-27(39-17-22-9-11-23(12-10-22)29(38)44)25-13-21(2)14-32(3,15-25)20-42-30-26(16-37)19-41-31(43-30)40-18-24-7-5-6-8-28(24)45-33(34,35)36/h5-8,19,21-23,25,27,39H,4,9-15,17-18,20H2,1-3H3,(H2,38,44)(H2,40,41,42,43)/t21?,22-,23-,25-,27+,32-/m1/s1. The molecule has 0 radical (unpaired) electrons. The van der Waals surface area contributed by atoms with E-state index in [0.717, 1.165) is 57.9 Å². The van der Waals surface area contributed by atoms with Gasteiger partial charge in [0.15, 0.2) is 0 Å². The van der Waals surface area contributed by atoms with Crippen molar-refractivity contribution in [2.45, 2.75) is 91.1 Å². The third-order valence-corrected chi connectivity index (χ3v) is 9.46. The quantitative estimate of drug-likeness (QED) is 0.201. The number of aromatic nitrogens is 2. The summed E-state index contributed by atoms with van der Waals surface area (Å²) in [7, 11) is 0. The van der Waals surface area contributed by atoms with Crippen LogP contribution in [0.3, 0.4) is 0 Å². The minimum atomic E-state index is -4.80. The number of carbonyl (C=O) groups excluding carboxylic acids is 1. The molecule has 246 valence electrons. The summed E-state index contributed by atoms with van der Waals surface area (Å²) >= 11 is 0. The Balaban J connectivity index is 1.36. The molecule has 2 saturated carbocycles. The molecule has 12 heteroatoms. The van der Waals surface area contributed by atoms with Crippen LogP contribution in [-0.2, 0) is 11.3 Å². The molecule has 1 aromatic heterocycles. The lowest BCUT2D eigenvalue weighted by Gasteiger charge is -2.45. The lowest BCUT2D eigenvalue weighted by atomic mass is 9.64. The second kappa shape index (κ2) is 15.1. The summed E-state index contributed by atoms with van der Waals surface area (Å²) in [6.07, 6.45) is 4.70. The van der Waals surface area contributed by atoms with E-state index >= 15 is 0 Å². The van der Waals surface area contributed by atoms with Crippen LogP contribution in [0.4, 0.5) is 24.9 Å². The average Bonchev–Trinajstić information content (AvgIpc) is 2.99. The van der Waals surface area contributed by atoms with Crippen molar-refractivity contribution in [1.29, 1.82) is 5.26 Å². The van der Waals surface area contributed by atoms with E-state index in [4.69, 9.17) is 5.73 Å². The Morgan fingerprint density at radius 3 is 2.60 bits per heavy atom. The van der Waals surface area contributed by atoms with Crippen molar-refractivity contribution in [3.63, 3.8) is 0 Å². The molecule has 2 aromatic rings. The molecule has 0 aliphatic heterocycles. The van der Waals surface area contributed by atoms with Crippen molar-refractivity contribution in [2.24, 2.45) is 34.8 Å². The van der Waals surface area contributed by atoms with Crippen molar-refractivity contribution in [3.05, 3.63) is 41.6 Å². The van der Waals surface area contributed by atoms with E-state index in [1.54, 1.807) is 6.07 Å². The molecule has 1 amide bonds. The van der Waals surface area contributed by atoms with E-state index in [1.165, 1.54) is 24.4 Å². The lowest BCUT2D eigenvalue weighted by Crippen LogP contribution is -2.46. The Hall–Kier alpha value is -3.59. The number of halogens is 3. The molecule has 1 heterocycles. The largest absolute Gasteiger partial charge is 0.573 e. The molecule has 4 atom stereocenters. The third-order valence-electron chi connectivity index (χ3n) is 9.46. The lowest BCUT2D eigenvalue weighted by molar-refractivity contribution is -0.274. The Kier molecular flexibility index (Phi) is 11.5. The molecular weight excluding hydrogens is 583 g/mol. The zero-order valence-electron chi connectivity index (χ0n) is 26.4. The summed E-state index contributed by atoms with van der Waals surface area (Å²) in [6, 6.07) is 8.42. The summed E-state index contributed by atoms with van der Waals surface area (Å²) in [5.74, 6) is 1.75. The van der Waals surface area contributed by atoms with E-state index in [9.17, 15) is 23.2 Å². The summed E-state index contributed by atoms with van der Waals surface area (Å²) in [4.78, 5) is 20.2. The Morgan fingerprint density at radius 1 is 1.20 bits per heavy atom. The van der Waals surface area contributed by atoms with Crippen LogP contribution < -0.4 is 26.4 Å². The highest BCUT2D eigenvalue weighted by Gasteiger charge is 2.39. The van der Waals surface area contributed by atoms with Gasteiger partial charge in [0, 0.05) is 30.6 Å². The predicted octanol–water partition coefficient (Wildman–Crippen LogP) is 6.37. The highest BCUT2D eigenvalue weighted by atomic mass is 19.4. The number of nitrogens with two attached hydrogens (primary N) is 1. The maximum atomic E-state index is 12.8. The second-order valence-electron chi connectivity index (χ2n) is 13.3. The van der Waals surface area contributed by atoms with E-state index in [0.29, 0.717) is 47.3 Å². The minimum absolute atomic E-state index is 0.00644. The fourth-order valence-corrected chi connectivity index (χ4v) is 7.33. The summed E-state index contributed by atoms with van der Waals surface area (Å²) < 4.78 is 42.6. The van der Waals surface area contributed by atoms with Crippen LogP contribution in [0.25, 0.3) is 0 Å². The second-order valence-corrected chi connectivity index (χ2v) is 13.3. The van der Waals surface area contributed by atoms with Crippen molar-refractivity contribution in [2.75, 3.05) is 23.7 Å². The van der Waals surface area contributed by atoms with Gasteiger partial charge in [0.25, 0.3) is 0 Å². The molecule has 9 nitrogen and oxygen atoms in total. The minimum Gasteiger partial charge on any atom is -0.405 e. The molecule has 2 fully saturated rings. The number of alkyl halides is 3. The number of amides is 1. The van der Waals surface area contributed by atoms with Gasteiger partial charge in [0.2, 0.25) is 11.9 Å². The van der Waals surface area contributed by atoms with Crippen molar-refractivity contribution < 1.29 is 22.7 Å². The first kappa shape index (κ1) is 34.3. The topological polar surface area (TPSA) is 138 Å². The van der Waals surface area contributed by atoms with Gasteiger partial charge >= 0.3 is 6.36 Å². The summed E-state index contributed by atoms with van der Waals surface area (Å²) in [5, 5.41) is 20.0. The van der Waals surface area contributed by atoms with Gasteiger partial charge in [-0.3, -0.25) is 4.79 Å². The first-order valence-corrected chi connectivity index (χ1v) is 16.0. The normalized spacial score (nSPS) is 26.0. The number of anilines is 2. The van der Waals surface area contributed by atoms with Crippen molar-refractivity contribution >= 4 is 17.7 Å². The van der Waals surface area contributed by atoms with Gasteiger partial charge in [-0.15, -0.1) is 13.2 Å². The van der Waals surface area contributed by atoms with Crippen LogP contribution in [-0.4, -0.2) is 41.4 Å². The number of hydrogen-bond donors (Lipinski definition) is 4. The third kappa shape index (κ3) is 9.95. The van der Waals surface area contributed by atoms with Gasteiger partial charge < -0.3 is 26.4 Å². The Labute approximate surface area is 263 Å². The van der Waals surface area contributed by atoms with Crippen molar-refractivity contribution in [1.82, 2.24) is 15.3 Å². The van der Waals surface area contributed by atoms with Crippen LogP contribution in [0.15, 0.2) is 30.5 Å². The Morgan fingerprint density at radius 2 is 1.93 bits per heavy atom. The number of ether oxygens (including phenoxy) is 1. The van der Waals surface area contributed by atoms with E-state index in [-0.39, 0.29) is 35.5 Å². The monoisotopic (exact) mass is 629 g/mol. The fourth-order valence-electron chi connectivity index (χ4n) is 7.33. The van der Waals surface area contributed by atoms with Gasteiger partial charge in [-0.25, -0.2) is 4.98 Å². The number of nitriles is 1. The van der Waals surface area contributed by atoms with Gasteiger partial charge in [0.1, 0.15) is 23.2 Å². The number of primary amides is 1. The van der Waals surface area contributed by atoms with E-state index in [1.807, 2.05) is 0 Å². The zero-order chi connectivity index (χ0) is 32.6. The molecule has 0 spiro atoms. The smallest absolute Gasteiger partial charge is 0.405 e. The molecule has 1 aromatic carbocycles. The molecule has 1 unspecified atom stereocenters. The van der Waals surface area contributed by atoms with Gasteiger partial charge in [-0.05, 0) is 87.1 Å². The van der Waals surface area contributed by atoms with Crippen LogP contribution >= 0.6 is 0 Å². The van der Waals surface area contributed by atoms with Gasteiger partial charge in [-0.1, -0.05) is 39.0 Å². The number of carbonyl (C=O) groups is 1. The molecular formula is C33H46F3N7O2. The number of rotatable bonds is 13. The van der Waals surface area contributed by atoms with Gasteiger partial charge in [-0.2, -0.15) is 10.2 Å². The van der Waals surface area contributed by atoms with Crippen LogP contribution in [0.2, 0.25) is 0 Å². The van der Waals surface area contributed by atoms with E-state index in [2.05, 4.69) is 57.5 Å². The molecule has 2 aliphatic carbocycles. The Bertz CT molecular complexity index is 1330. The molecule has 2 aliphatic rings. The first-order valence-electron chi connectivity index (χ1n) is 16.0. The fraction of sp³-hybridized carbons (Fsp3) is 0.636. The number of para-hydroxylation sites is 1. The summed E-state index contributed by atoms with van der Waals surface area (Å²) in [6.45, 7) is 8.40. The molecule has 5 N–H and O–H groups in total. The number of nitrogens with zero attached hydrogens (tertiary/aromatic N) is 3. The summed E-state index contributed by atoms with van der Waals surface area (Å²) in [5.41, 5.74) is 6.07. The van der Waals surface area contributed by atoms with Crippen LogP contribution in [0.1, 0.15) is 83.3 Å². The number of hydrogen-bond acceptors (Lipinski definition) is 8.